The topological polar surface area (TPSA) is 341 Å². The van der Waals surface area contributed by atoms with Crippen molar-refractivity contribution in [2.75, 3.05) is 0 Å². The third-order valence-corrected chi connectivity index (χ3v) is 11.7. The molecule has 322 valence electrons. The van der Waals surface area contributed by atoms with Gasteiger partial charge in [-0.15, -0.1) is 0 Å². The van der Waals surface area contributed by atoms with E-state index in [1.807, 2.05) is 0 Å². The Balaban J connectivity index is 0.00000385. The van der Waals surface area contributed by atoms with Gasteiger partial charge in [0.05, 0.1) is 53.7 Å². The van der Waals surface area contributed by atoms with Gasteiger partial charge in [-0.05, 0) is 120 Å². The van der Waals surface area contributed by atoms with E-state index in [1.54, 1.807) is 0 Å². The van der Waals surface area contributed by atoms with Gasteiger partial charge in [0.2, 0.25) is 5.69 Å². The zero-order valence-corrected chi connectivity index (χ0v) is 46.6. The van der Waals surface area contributed by atoms with Gasteiger partial charge in [0.25, 0.3) is 0 Å². The summed E-state index contributed by atoms with van der Waals surface area (Å²) in [5.41, 5.74) is 0.799. The monoisotopic (exact) mass is 1020 g/mol. The molecular weight excluding hydrogens is 997 g/mol. The van der Waals surface area contributed by atoms with Crippen LogP contribution in [0.15, 0.2) is 189 Å². The molecule has 0 saturated carbocycles. The van der Waals surface area contributed by atoms with Crippen molar-refractivity contribution in [3.8, 4) is 0 Å². The number of nitrogens with zero attached hydrogens (tertiary/aromatic N) is 8. The van der Waals surface area contributed by atoms with E-state index in [0.29, 0.717) is 11.4 Å². The van der Waals surface area contributed by atoms with Gasteiger partial charge in [0, 0.05) is 17.2 Å². The van der Waals surface area contributed by atoms with Crippen LogP contribution in [0.2, 0.25) is 0 Å². The SMILES string of the molecule is O=S(=O)([O-])c1ccc(N=Nc2ccc(N=Nc3ccc(/C=C/c4ccc(N=Nc5ccc([N+]([O-])=Nc6ccc(S(=O)(=O)[O-])cc6)cc5)cc4S(=O)(=O)[O-])c(S(=O)(=O)[O-])c3)cc2)cc1.[Na+].[Na+].[Na+].[Na+]. The van der Waals surface area contributed by atoms with Crippen LogP contribution >= 0.6 is 0 Å². The summed E-state index contributed by atoms with van der Waals surface area (Å²) in [7, 11) is -19.6. The van der Waals surface area contributed by atoms with Gasteiger partial charge in [-0.2, -0.15) is 30.7 Å². The fraction of sp³-hybridized carbons (Fsp3) is 0. The van der Waals surface area contributed by atoms with Crippen LogP contribution < -0.4 is 118 Å². The van der Waals surface area contributed by atoms with Gasteiger partial charge in [-0.25, -0.2) is 33.7 Å². The molecule has 0 heterocycles. The number of hydrogen-bond acceptors (Lipinski definition) is 20. The summed E-state index contributed by atoms with van der Waals surface area (Å²) in [5, 5.41) is 40.1. The first-order chi connectivity index (χ1) is 29.6. The molecule has 0 bridgehead atoms. The van der Waals surface area contributed by atoms with E-state index in [0.717, 1.165) is 48.6 Å². The van der Waals surface area contributed by atoms with Crippen LogP contribution in [-0.4, -0.2) is 56.7 Å². The number of benzene rings is 6. The average molecular weight is 1020 g/mol. The van der Waals surface area contributed by atoms with Crippen LogP contribution in [0.3, 0.4) is 0 Å². The van der Waals surface area contributed by atoms with Gasteiger partial charge >= 0.3 is 118 Å². The molecule has 0 radical (unpaired) electrons. The molecule has 0 unspecified atom stereocenters. The number of azo groups is 4. The van der Waals surface area contributed by atoms with Crippen LogP contribution in [0.4, 0.5) is 45.5 Å². The Hall–Kier alpha value is -3.10. The molecule has 0 saturated heterocycles. The zero-order valence-electron chi connectivity index (χ0n) is 35.4. The van der Waals surface area contributed by atoms with E-state index in [2.05, 4.69) is 35.8 Å². The maximum absolute atomic E-state index is 12.5. The van der Waals surface area contributed by atoms with Crippen LogP contribution in [0.1, 0.15) is 11.1 Å². The zero-order chi connectivity index (χ0) is 45.6. The van der Waals surface area contributed by atoms with Crippen molar-refractivity contribution in [1.29, 1.82) is 0 Å². The van der Waals surface area contributed by atoms with Gasteiger partial charge in [0.1, 0.15) is 46.2 Å². The molecule has 29 heteroatoms. The predicted octanol–water partition coefficient (Wildman–Crippen LogP) is -3.34. The molecule has 0 spiro atoms. The Morgan fingerprint density at radius 3 is 0.940 bits per heavy atom. The fourth-order valence-electron chi connectivity index (χ4n) is 5.16. The van der Waals surface area contributed by atoms with E-state index >= 15 is 0 Å². The molecule has 6 aromatic rings. The molecule has 0 N–H and O–H groups in total. The molecule has 0 aliphatic heterocycles. The van der Waals surface area contributed by atoms with Gasteiger partial charge in [0.15, 0.2) is 0 Å². The summed E-state index contributed by atoms with van der Waals surface area (Å²) < 4.78 is 140. The third kappa shape index (κ3) is 17.7. The van der Waals surface area contributed by atoms with Gasteiger partial charge in [-0.3, -0.25) is 0 Å². The van der Waals surface area contributed by atoms with Crippen LogP contribution in [0, 0.1) is 5.21 Å². The summed E-state index contributed by atoms with van der Waals surface area (Å²) >= 11 is 0. The van der Waals surface area contributed by atoms with Crippen LogP contribution in [0.25, 0.3) is 12.2 Å². The van der Waals surface area contributed by atoms with E-state index in [1.165, 1.54) is 97.1 Å². The second-order valence-electron chi connectivity index (χ2n) is 12.6. The maximum Gasteiger partial charge on any atom is 1.00 e. The van der Waals surface area contributed by atoms with Gasteiger partial charge in [-0.1, -0.05) is 29.1 Å². The first-order valence-corrected chi connectivity index (χ1v) is 22.9. The largest absolute Gasteiger partial charge is 1.00 e. The standard InChI is InChI=1S/C38H28N8O13S4.4Na/c47-46(45-31-15-21-36(22-16-31)61(51,52)53)34-17-11-29(12-18-34)42-44-33-6-4-26(38(24-33)63(57,58)59)2-1-25-3-5-32(23-37(25)62(54,55)56)43-41-28-9-7-27(8-10-28)39-40-30-13-19-35(20-14-30)60(48,49)50;;;;/h1-24H,(H,48,49,50)(H,51,52,53)(H,54,55,56)(H,57,58,59);;;;/q;4*+1/p-4/b2-1+,40-39?,43-41?,44-42?,46-45?;;;;. The second-order valence-corrected chi connectivity index (χ2v) is 18.0. The summed E-state index contributed by atoms with van der Waals surface area (Å²) in [6.45, 7) is 0. The Bertz CT molecular complexity index is 3330. The molecular formula is C38H24N8Na4O13S4. The Morgan fingerprint density at radius 1 is 0.358 bits per heavy atom. The summed E-state index contributed by atoms with van der Waals surface area (Å²) in [4.78, 5) is -2.14. The first-order valence-electron chi connectivity index (χ1n) is 17.3. The van der Waals surface area contributed by atoms with Crippen molar-refractivity contribution in [2.45, 2.75) is 19.6 Å². The second kappa shape index (κ2) is 25.7. The summed E-state index contributed by atoms with van der Waals surface area (Å²) in [6, 6.07) is 27.5. The van der Waals surface area contributed by atoms with Crippen molar-refractivity contribution < 1.29 is 175 Å². The summed E-state index contributed by atoms with van der Waals surface area (Å²) in [5.74, 6) is 0. The molecule has 21 nitrogen and oxygen atoms in total. The predicted molar refractivity (Wildman–Crippen MR) is 217 cm³/mol. The molecule has 67 heavy (non-hydrogen) atoms. The van der Waals surface area contributed by atoms with E-state index in [4.69, 9.17) is 0 Å². The normalized spacial score (nSPS) is 12.4. The molecule has 0 aliphatic carbocycles. The van der Waals surface area contributed by atoms with Crippen molar-refractivity contribution in [3.05, 3.63) is 150 Å². The quantitative estimate of drug-likeness (QED) is 0.0258. The molecule has 6 rings (SSSR count). The first kappa shape index (κ1) is 60.0. The van der Waals surface area contributed by atoms with Crippen LogP contribution in [-0.2, 0) is 40.5 Å². The minimum absolute atomic E-state index is 0. The van der Waals surface area contributed by atoms with Crippen molar-refractivity contribution in [1.82, 2.24) is 0 Å². The Morgan fingerprint density at radius 2 is 0.627 bits per heavy atom. The molecule has 0 aromatic heterocycles. The van der Waals surface area contributed by atoms with E-state index in [9.17, 15) is 57.1 Å². The Labute approximate surface area is 472 Å². The third-order valence-electron chi connectivity index (χ3n) is 8.20. The molecule has 0 amide bonds. The fourth-order valence-corrected chi connectivity index (χ4v) is 7.48. The number of hydrogen-bond donors (Lipinski definition) is 0. The molecule has 6 aromatic carbocycles. The van der Waals surface area contributed by atoms with Crippen molar-refractivity contribution in [3.63, 3.8) is 0 Å². The molecule has 0 fully saturated rings. The number of rotatable bonds is 14. The molecule has 0 aliphatic rings. The summed E-state index contributed by atoms with van der Waals surface area (Å²) in [6.07, 6.45) is 2.23. The maximum atomic E-state index is 12.5. The molecule has 0 atom stereocenters. The Kier molecular flexibility index (Phi) is 23.0. The van der Waals surface area contributed by atoms with E-state index < -0.39 is 60.1 Å². The van der Waals surface area contributed by atoms with Crippen molar-refractivity contribution in [2.24, 2.45) is 35.8 Å². The van der Waals surface area contributed by atoms with Gasteiger partial charge < -0.3 is 23.4 Å². The van der Waals surface area contributed by atoms with E-state index in [-0.39, 0.29) is 168 Å². The van der Waals surface area contributed by atoms with Crippen molar-refractivity contribution >= 4 is 98.1 Å². The average Bonchev–Trinajstić information content (AvgIpc) is 3.23. The minimum Gasteiger partial charge on any atom is -0.744 e. The minimum atomic E-state index is -5.14. The smallest absolute Gasteiger partial charge is 0.744 e. The van der Waals surface area contributed by atoms with Crippen LogP contribution in [0.5, 0.6) is 0 Å².